The number of carboxylic acids is 1. The Hall–Kier alpha value is -2.47. The lowest BCUT2D eigenvalue weighted by molar-refractivity contribution is -0.140. The number of carboxylic acid groups (broad SMARTS) is 1. The number of halogens is 2. The number of sulfonamides is 1. The predicted molar refractivity (Wildman–Crippen MR) is 110 cm³/mol. The van der Waals surface area contributed by atoms with Crippen molar-refractivity contribution in [1.82, 2.24) is 14.1 Å². The molecule has 2 aromatic rings. The van der Waals surface area contributed by atoms with E-state index in [1.165, 1.54) is 32.0 Å². The quantitative estimate of drug-likeness (QED) is 0.618. The van der Waals surface area contributed by atoms with E-state index < -0.39 is 40.0 Å². The zero-order chi connectivity index (χ0) is 22.8. The maximum atomic E-state index is 12.8. The normalized spacial score (nSPS) is 12.6. The first-order valence-electron chi connectivity index (χ1n) is 8.38. The molecule has 2 rings (SSSR count). The van der Waals surface area contributed by atoms with Crippen LogP contribution in [0.4, 0.5) is 5.69 Å². The van der Waals surface area contributed by atoms with E-state index >= 15 is 0 Å². The van der Waals surface area contributed by atoms with E-state index in [1.54, 1.807) is 0 Å². The minimum atomic E-state index is -4.15. The van der Waals surface area contributed by atoms with Gasteiger partial charge in [-0.15, -0.1) is 0 Å². The van der Waals surface area contributed by atoms with Gasteiger partial charge < -0.3 is 10.4 Å². The molecule has 0 unspecified atom stereocenters. The minimum Gasteiger partial charge on any atom is -0.480 e. The van der Waals surface area contributed by atoms with Gasteiger partial charge in [-0.05, 0) is 31.5 Å². The number of nitrogens with zero attached hydrogens (tertiary/aromatic N) is 3. The molecule has 1 atom stereocenters. The van der Waals surface area contributed by atoms with Crippen LogP contribution in [0.15, 0.2) is 34.1 Å². The van der Waals surface area contributed by atoms with Gasteiger partial charge in [0, 0.05) is 12.7 Å². The molecule has 1 aromatic heterocycles. The Kier molecular flexibility index (Phi) is 7.24. The highest BCUT2D eigenvalue weighted by atomic mass is 35.5. The molecule has 10 nitrogen and oxygen atoms in total. The minimum absolute atomic E-state index is 0.0496. The number of carbonyl (C=O) groups excluding carboxylic acids is 1. The second-order valence-corrected chi connectivity index (χ2v) is 9.08. The lowest BCUT2D eigenvalue weighted by Crippen LogP contribution is -2.40. The van der Waals surface area contributed by atoms with E-state index in [0.717, 1.165) is 22.2 Å². The van der Waals surface area contributed by atoms with Gasteiger partial charge in [0.1, 0.15) is 17.6 Å². The molecular weight excluding hydrogens is 459 g/mol. The Morgan fingerprint density at radius 3 is 2.57 bits per heavy atom. The Labute approximate surface area is 182 Å². The second kappa shape index (κ2) is 9.13. The van der Waals surface area contributed by atoms with Gasteiger partial charge in [-0.1, -0.05) is 29.3 Å². The number of likely N-dealkylation sites (N-methyl/N-ethyl adjacent to an activating group) is 1. The number of nitrogens with one attached hydrogen (secondary N) is 1. The Morgan fingerprint density at radius 1 is 1.33 bits per heavy atom. The van der Waals surface area contributed by atoms with E-state index in [9.17, 15) is 22.8 Å². The van der Waals surface area contributed by atoms with Gasteiger partial charge >= 0.3 is 5.97 Å². The highest BCUT2D eigenvalue weighted by molar-refractivity contribution is 7.89. The average Bonchev–Trinajstić information content (AvgIpc) is 2.68. The molecule has 1 amide bonds. The predicted octanol–water partition coefficient (Wildman–Crippen LogP) is 1.59. The fraction of sp³-hybridized carbons (Fsp3) is 0.294. The summed E-state index contributed by atoms with van der Waals surface area (Å²) >= 11 is 11.4. The van der Waals surface area contributed by atoms with Gasteiger partial charge in [0.2, 0.25) is 15.9 Å². The number of aromatic nitrogens is 2. The number of hydrogen-bond acceptors (Lipinski definition) is 6. The van der Waals surface area contributed by atoms with Crippen molar-refractivity contribution in [3.05, 3.63) is 50.4 Å². The van der Waals surface area contributed by atoms with Crippen LogP contribution in [-0.4, -0.2) is 52.6 Å². The number of rotatable bonds is 7. The van der Waals surface area contributed by atoms with E-state index in [-0.39, 0.29) is 20.6 Å². The molecule has 0 fully saturated rings. The lowest BCUT2D eigenvalue weighted by atomic mass is 10.2. The van der Waals surface area contributed by atoms with Gasteiger partial charge in [-0.25, -0.2) is 13.1 Å². The van der Waals surface area contributed by atoms with Crippen LogP contribution in [-0.2, 0) is 26.2 Å². The SMILES string of the molecule is Cc1ccc(NC(=O)Cn2ncc(Cl)c(Cl)c2=O)cc1S(=O)(=O)N(C)[C@H](C)C(=O)O. The Balaban J connectivity index is 2.29. The average molecular weight is 477 g/mol. The van der Waals surface area contributed by atoms with Crippen molar-refractivity contribution in [1.29, 1.82) is 0 Å². The van der Waals surface area contributed by atoms with Crippen LogP contribution >= 0.6 is 23.2 Å². The van der Waals surface area contributed by atoms with Crippen molar-refractivity contribution < 1.29 is 23.1 Å². The molecule has 0 spiro atoms. The molecule has 0 saturated heterocycles. The molecule has 0 saturated carbocycles. The van der Waals surface area contributed by atoms with Crippen molar-refractivity contribution in [2.45, 2.75) is 31.3 Å². The Morgan fingerprint density at radius 2 is 1.97 bits per heavy atom. The summed E-state index contributed by atoms with van der Waals surface area (Å²) in [5.74, 6) is -1.97. The van der Waals surface area contributed by atoms with E-state index in [0.29, 0.717) is 5.56 Å². The number of benzene rings is 1. The van der Waals surface area contributed by atoms with E-state index in [1.807, 2.05) is 0 Å². The molecule has 1 heterocycles. The van der Waals surface area contributed by atoms with Crippen molar-refractivity contribution in [3.8, 4) is 0 Å². The number of aliphatic carboxylic acids is 1. The molecule has 30 heavy (non-hydrogen) atoms. The third kappa shape index (κ3) is 4.98. The molecule has 0 aliphatic rings. The molecule has 2 N–H and O–H groups in total. The summed E-state index contributed by atoms with van der Waals surface area (Å²) in [5, 5.41) is 14.9. The fourth-order valence-electron chi connectivity index (χ4n) is 2.37. The van der Waals surface area contributed by atoms with Crippen molar-refractivity contribution in [3.63, 3.8) is 0 Å². The number of anilines is 1. The fourth-order valence-corrected chi connectivity index (χ4v) is 4.21. The van der Waals surface area contributed by atoms with Gasteiger partial charge in [0.25, 0.3) is 5.56 Å². The number of carbonyl (C=O) groups is 2. The second-order valence-electron chi connectivity index (χ2n) is 6.33. The largest absolute Gasteiger partial charge is 0.480 e. The van der Waals surface area contributed by atoms with Crippen molar-refractivity contribution >= 4 is 50.8 Å². The first-order chi connectivity index (χ1) is 13.9. The maximum absolute atomic E-state index is 12.8. The van der Waals surface area contributed by atoms with Crippen molar-refractivity contribution in [2.24, 2.45) is 0 Å². The first kappa shape index (κ1) is 23.8. The summed E-state index contributed by atoms with van der Waals surface area (Å²) in [6.07, 6.45) is 1.12. The monoisotopic (exact) mass is 476 g/mol. The first-order valence-corrected chi connectivity index (χ1v) is 10.6. The summed E-state index contributed by atoms with van der Waals surface area (Å²) in [7, 11) is -2.99. The Bertz CT molecular complexity index is 1170. The standard InChI is InChI=1S/C17H18Cl2N4O6S/c1-9-4-5-11(6-13(9)30(28,29)22(3)10(2)17(26)27)21-14(24)8-23-16(25)15(19)12(18)7-20-23/h4-7,10H,8H2,1-3H3,(H,21,24)(H,26,27)/t10-/m1/s1. The molecule has 13 heteroatoms. The van der Waals surface area contributed by atoms with Crippen LogP contribution in [0.5, 0.6) is 0 Å². The van der Waals surface area contributed by atoms with Crippen molar-refractivity contribution in [2.75, 3.05) is 12.4 Å². The van der Waals surface area contributed by atoms with Gasteiger partial charge in [0.15, 0.2) is 0 Å². The van der Waals surface area contributed by atoms with Gasteiger partial charge in [-0.3, -0.25) is 14.4 Å². The molecule has 0 bridgehead atoms. The van der Waals surface area contributed by atoms with Crippen LogP contribution in [0.2, 0.25) is 10.0 Å². The lowest BCUT2D eigenvalue weighted by Gasteiger charge is -2.22. The number of amides is 1. The zero-order valence-corrected chi connectivity index (χ0v) is 18.4. The molecule has 1 aromatic carbocycles. The smallest absolute Gasteiger partial charge is 0.321 e. The van der Waals surface area contributed by atoms with Gasteiger partial charge in [0.05, 0.1) is 16.1 Å². The highest BCUT2D eigenvalue weighted by Crippen LogP contribution is 2.24. The molecule has 0 aliphatic carbocycles. The number of aryl methyl sites for hydroxylation is 1. The molecule has 0 aliphatic heterocycles. The van der Waals surface area contributed by atoms with E-state index in [2.05, 4.69) is 10.4 Å². The third-order valence-corrected chi connectivity index (χ3v) is 7.09. The van der Waals surface area contributed by atoms with Gasteiger partial charge in [-0.2, -0.15) is 9.40 Å². The molecule has 162 valence electrons. The topological polar surface area (TPSA) is 139 Å². The summed E-state index contributed by atoms with van der Waals surface area (Å²) in [6, 6.07) is 2.85. The summed E-state index contributed by atoms with van der Waals surface area (Å²) < 4.78 is 27.1. The summed E-state index contributed by atoms with van der Waals surface area (Å²) in [6.45, 7) is 2.29. The summed E-state index contributed by atoms with van der Waals surface area (Å²) in [4.78, 5) is 35.2. The van der Waals surface area contributed by atoms with Crippen LogP contribution in [0.1, 0.15) is 12.5 Å². The van der Waals surface area contributed by atoms with Crippen LogP contribution < -0.4 is 10.9 Å². The molecule has 0 radical (unpaired) electrons. The van der Waals surface area contributed by atoms with Crippen LogP contribution in [0.25, 0.3) is 0 Å². The van der Waals surface area contributed by atoms with Crippen LogP contribution in [0, 0.1) is 6.92 Å². The van der Waals surface area contributed by atoms with E-state index in [4.69, 9.17) is 28.3 Å². The molecular formula is C17H18Cl2N4O6S. The van der Waals surface area contributed by atoms with Crippen LogP contribution in [0.3, 0.4) is 0 Å². The summed E-state index contributed by atoms with van der Waals surface area (Å²) in [5.41, 5.74) is -0.260. The zero-order valence-electron chi connectivity index (χ0n) is 16.1. The highest BCUT2D eigenvalue weighted by Gasteiger charge is 2.30. The number of hydrogen-bond donors (Lipinski definition) is 2. The maximum Gasteiger partial charge on any atom is 0.321 e. The third-order valence-electron chi connectivity index (χ3n) is 4.27.